The molecular weight excluding hydrogens is 196 g/mol. The summed E-state index contributed by atoms with van der Waals surface area (Å²) < 4.78 is 11.3. The van der Waals surface area contributed by atoms with E-state index in [1.54, 1.807) is 16.9 Å². The Kier molecular flexibility index (Phi) is 2.29. The highest BCUT2D eigenvalue weighted by Crippen LogP contribution is 2.21. The zero-order valence-electron chi connectivity index (χ0n) is 8.43. The fraction of sp³-hybridized carbons (Fsp3) is 0.200. The van der Waals surface area contributed by atoms with E-state index in [9.17, 15) is 4.79 Å². The first-order valence-electron chi connectivity index (χ1n) is 4.37. The first-order valence-corrected chi connectivity index (χ1v) is 4.37. The van der Waals surface area contributed by atoms with Crippen molar-refractivity contribution in [1.82, 2.24) is 9.78 Å². The van der Waals surface area contributed by atoms with Crippen LogP contribution in [0.1, 0.15) is 10.6 Å². The second kappa shape index (κ2) is 3.61. The highest BCUT2D eigenvalue weighted by Gasteiger charge is 2.13. The van der Waals surface area contributed by atoms with Crippen LogP contribution in [0.25, 0.3) is 11.3 Å². The number of carbonyl (C=O) groups is 1. The minimum atomic E-state index is -0.483. The van der Waals surface area contributed by atoms with Crippen LogP contribution in [-0.2, 0) is 11.8 Å². The van der Waals surface area contributed by atoms with E-state index in [1.807, 2.05) is 13.1 Å². The van der Waals surface area contributed by atoms with Gasteiger partial charge in [-0.25, -0.2) is 4.79 Å². The molecule has 0 fully saturated rings. The standard InChI is InChI=1S/C10H10N2O3/c1-12-8(3-4-11-12)7-5-9(15-6-7)10(13)14-2/h3-6H,1-2H3. The number of nitrogens with zero attached hydrogens (tertiary/aromatic N) is 2. The summed E-state index contributed by atoms with van der Waals surface area (Å²) in [5.74, 6) is -0.294. The van der Waals surface area contributed by atoms with Gasteiger partial charge in [0.2, 0.25) is 5.76 Å². The SMILES string of the molecule is COC(=O)c1cc(-c2ccnn2C)co1. The third-order valence-electron chi connectivity index (χ3n) is 2.10. The highest BCUT2D eigenvalue weighted by molar-refractivity contribution is 5.87. The molecule has 0 aromatic carbocycles. The normalized spacial score (nSPS) is 10.3. The molecule has 0 N–H and O–H groups in total. The highest BCUT2D eigenvalue weighted by atomic mass is 16.5. The van der Waals surface area contributed by atoms with E-state index in [1.165, 1.54) is 13.4 Å². The summed E-state index contributed by atoms with van der Waals surface area (Å²) in [5, 5.41) is 4.03. The van der Waals surface area contributed by atoms with Gasteiger partial charge < -0.3 is 9.15 Å². The Morgan fingerprint density at radius 3 is 3.00 bits per heavy atom. The first kappa shape index (κ1) is 9.51. The van der Waals surface area contributed by atoms with Crippen LogP contribution in [0.5, 0.6) is 0 Å². The van der Waals surface area contributed by atoms with Crippen LogP contribution >= 0.6 is 0 Å². The molecule has 15 heavy (non-hydrogen) atoms. The molecule has 2 rings (SSSR count). The van der Waals surface area contributed by atoms with Crippen molar-refractivity contribution in [1.29, 1.82) is 0 Å². The molecule has 0 aliphatic rings. The van der Waals surface area contributed by atoms with E-state index in [0.29, 0.717) is 0 Å². The lowest BCUT2D eigenvalue weighted by molar-refractivity contribution is 0.0565. The van der Waals surface area contributed by atoms with Crippen molar-refractivity contribution in [3.8, 4) is 11.3 Å². The molecule has 78 valence electrons. The molecule has 5 heteroatoms. The van der Waals surface area contributed by atoms with Crippen molar-refractivity contribution in [2.75, 3.05) is 7.11 Å². The molecule has 0 spiro atoms. The van der Waals surface area contributed by atoms with Crippen LogP contribution in [-0.4, -0.2) is 22.9 Å². The van der Waals surface area contributed by atoms with E-state index in [2.05, 4.69) is 9.84 Å². The van der Waals surface area contributed by atoms with E-state index >= 15 is 0 Å². The van der Waals surface area contributed by atoms with Gasteiger partial charge in [-0.2, -0.15) is 5.10 Å². The fourth-order valence-electron chi connectivity index (χ4n) is 1.34. The van der Waals surface area contributed by atoms with Gasteiger partial charge >= 0.3 is 5.97 Å². The molecule has 0 amide bonds. The third kappa shape index (κ3) is 1.63. The maximum atomic E-state index is 11.1. The van der Waals surface area contributed by atoms with Gasteiger partial charge in [0, 0.05) is 24.9 Å². The molecule has 5 nitrogen and oxygen atoms in total. The van der Waals surface area contributed by atoms with E-state index < -0.39 is 5.97 Å². The Labute approximate surface area is 86.3 Å². The minimum Gasteiger partial charge on any atom is -0.463 e. The van der Waals surface area contributed by atoms with Gasteiger partial charge in [-0.1, -0.05) is 0 Å². The summed E-state index contributed by atoms with van der Waals surface area (Å²) in [6.45, 7) is 0. The molecule has 2 aromatic heterocycles. The topological polar surface area (TPSA) is 57.3 Å². The van der Waals surface area contributed by atoms with Gasteiger partial charge in [0.1, 0.15) is 6.26 Å². The van der Waals surface area contributed by atoms with Crippen LogP contribution < -0.4 is 0 Å². The van der Waals surface area contributed by atoms with Crippen LogP contribution in [0.15, 0.2) is 29.0 Å². The van der Waals surface area contributed by atoms with Crippen LogP contribution in [0.3, 0.4) is 0 Å². The zero-order valence-corrected chi connectivity index (χ0v) is 8.43. The average Bonchev–Trinajstić information content (AvgIpc) is 2.84. The smallest absolute Gasteiger partial charge is 0.373 e. The number of rotatable bonds is 2. The summed E-state index contributed by atoms with van der Waals surface area (Å²) in [7, 11) is 3.13. The first-order chi connectivity index (χ1) is 7.22. The number of esters is 1. The van der Waals surface area contributed by atoms with Crippen molar-refractivity contribution in [2.24, 2.45) is 7.05 Å². The quantitative estimate of drug-likeness (QED) is 0.698. The Bertz CT molecular complexity index is 484. The lowest BCUT2D eigenvalue weighted by Crippen LogP contribution is -1.98. The summed E-state index contributed by atoms with van der Waals surface area (Å²) in [6, 6.07) is 3.47. The summed E-state index contributed by atoms with van der Waals surface area (Å²) >= 11 is 0. The average molecular weight is 206 g/mol. The molecule has 0 aliphatic heterocycles. The molecule has 2 heterocycles. The monoisotopic (exact) mass is 206 g/mol. The predicted molar refractivity (Wildman–Crippen MR) is 52.2 cm³/mol. The molecule has 2 aromatic rings. The van der Waals surface area contributed by atoms with Crippen molar-refractivity contribution < 1.29 is 13.9 Å². The largest absolute Gasteiger partial charge is 0.463 e. The van der Waals surface area contributed by atoms with E-state index in [0.717, 1.165) is 11.3 Å². The lowest BCUT2D eigenvalue weighted by atomic mass is 10.2. The molecular formula is C10H10N2O3. The van der Waals surface area contributed by atoms with Gasteiger partial charge in [-0.05, 0) is 6.07 Å². The maximum absolute atomic E-state index is 11.1. The van der Waals surface area contributed by atoms with Gasteiger partial charge in [0.15, 0.2) is 0 Å². The van der Waals surface area contributed by atoms with Crippen molar-refractivity contribution in [3.63, 3.8) is 0 Å². The lowest BCUT2D eigenvalue weighted by Gasteiger charge is -1.95. The molecule has 0 aliphatic carbocycles. The third-order valence-corrected chi connectivity index (χ3v) is 2.10. The number of carbonyl (C=O) groups excluding carboxylic acids is 1. The van der Waals surface area contributed by atoms with Crippen molar-refractivity contribution >= 4 is 5.97 Å². The maximum Gasteiger partial charge on any atom is 0.373 e. The Morgan fingerprint density at radius 1 is 1.60 bits per heavy atom. The van der Waals surface area contributed by atoms with Gasteiger partial charge in [0.25, 0.3) is 0 Å². The molecule has 0 saturated carbocycles. The molecule has 0 radical (unpaired) electrons. The summed E-state index contributed by atoms with van der Waals surface area (Å²) in [6.07, 6.45) is 3.18. The Balaban J connectivity index is 2.36. The second-order valence-corrected chi connectivity index (χ2v) is 3.03. The van der Waals surface area contributed by atoms with Crippen molar-refractivity contribution in [2.45, 2.75) is 0 Å². The number of aromatic nitrogens is 2. The Morgan fingerprint density at radius 2 is 2.40 bits per heavy atom. The fourth-order valence-corrected chi connectivity index (χ4v) is 1.34. The van der Waals surface area contributed by atoms with Crippen LogP contribution in [0.2, 0.25) is 0 Å². The van der Waals surface area contributed by atoms with Gasteiger partial charge in [-0.15, -0.1) is 0 Å². The second-order valence-electron chi connectivity index (χ2n) is 3.03. The van der Waals surface area contributed by atoms with Crippen LogP contribution in [0, 0.1) is 0 Å². The number of hydrogen-bond acceptors (Lipinski definition) is 4. The zero-order chi connectivity index (χ0) is 10.8. The Hall–Kier alpha value is -2.04. The summed E-state index contributed by atoms with van der Waals surface area (Å²) in [4.78, 5) is 11.1. The van der Waals surface area contributed by atoms with Crippen molar-refractivity contribution in [3.05, 3.63) is 30.4 Å². The van der Waals surface area contributed by atoms with E-state index in [4.69, 9.17) is 4.42 Å². The van der Waals surface area contributed by atoms with Gasteiger partial charge in [-0.3, -0.25) is 4.68 Å². The number of hydrogen-bond donors (Lipinski definition) is 0. The number of aryl methyl sites for hydroxylation is 1. The molecule has 0 bridgehead atoms. The predicted octanol–water partition coefficient (Wildman–Crippen LogP) is 1.47. The summed E-state index contributed by atoms with van der Waals surface area (Å²) in [5.41, 5.74) is 1.68. The van der Waals surface area contributed by atoms with Crippen LogP contribution in [0.4, 0.5) is 0 Å². The number of ether oxygens (including phenoxy) is 1. The molecule has 0 saturated heterocycles. The number of furan rings is 1. The molecule has 0 atom stereocenters. The number of methoxy groups -OCH3 is 1. The van der Waals surface area contributed by atoms with Gasteiger partial charge in [0.05, 0.1) is 12.8 Å². The van der Waals surface area contributed by atoms with E-state index in [-0.39, 0.29) is 5.76 Å². The minimum absolute atomic E-state index is 0.189. The molecule has 0 unspecified atom stereocenters.